The molecule has 1 atom stereocenters. The van der Waals surface area contributed by atoms with Crippen LogP contribution in [0.25, 0.3) is 138 Å². The maximum atomic E-state index is 6.18. The molecule has 5 aromatic heterocycles. The standard InChI is InChI=1S/C89H60N8/c1-57-29-28-32-59(55-57)69-56-70(91-89(90-69)58-30-4-2-5-31-58)83-84(93-71-43-16-8-35-61(71)62-36-9-17-44-72(62)93)86(95-75-47-20-12-39-65(75)66-40-13-21-48-76(66)95)88(97-81-53-26-24-51-79(81)92(60-33-6-3-7-34-60)80-52-25-27-54-82(80)97)87(96-77-49-22-14-41-67(77)68-42-15-23-50-78(68)96)85(83)94-73-45-18-10-37-63(73)64-38-11-19-46-74(64)94/h2-54,56-57H,55H2,1H3. The Kier molecular flexibility index (Phi) is 12.2. The van der Waals surface area contributed by atoms with Gasteiger partial charge in [-0.3, -0.25) is 0 Å². The van der Waals surface area contributed by atoms with Crippen LogP contribution in [0.15, 0.2) is 328 Å². The molecule has 1 unspecified atom stereocenters. The lowest BCUT2D eigenvalue weighted by atomic mass is 9.92. The van der Waals surface area contributed by atoms with Gasteiger partial charge >= 0.3 is 0 Å². The number of anilines is 6. The quantitative estimate of drug-likeness (QED) is 0.145. The maximum absolute atomic E-state index is 6.18. The lowest BCUT2D eigenvalue weighted by Crippen LogP contribution is -2.27. The number of allylic oxidation sites excluding steroid dienone is 4. The van der Waals surface area contributed by atoms with E-state index in [1.54, 1.807) is 0 Å². The summed E-state index contributed by atoms with van der Waals surface area (Å²) in [5.74, 6) is 0.925. The Balaban J connectivity index is 1.15. The zero-order valence-electron chi connectivity index (χ0n) is 53.0. The van der Waals surface area contributed by atoms with E-state index in [0.717, 1.165) is 179 Å². The van der Waals surface area contributed by atoms with Crippen LogP contribution >= 0.6 is 0 Å². The molecule has 13 aromatic carbocycles. The van der Waals surface area contributed by atoms with E-state index in [-0.39, 0.29) is 5.92 Å². The summed E-state index contributed by atoms with van der Waals surface area (Å²) < 4.78 is 10.4. The molecular weight excluding hydrogens is 1180 g/mol. The molecule has 0 radical (unpaired) electrons. The van der Waals surface area contributed by atoms with Gasteiger partial charge in [-0.15, -0.1) is 0 Å². The fourth-order valence-electron chi connectivity index (χ4n) is 16.2. The van der Waals surface area contributed by atoms with Crippen LogP contribution in [0.3, 0.4) is 0 Å². The smallest absolute Gasteiger partial charge is 0.160 e. The number of benzene rings is 13. The molecule has 8 heteroatoms. The Morgan fingerprint density at radius 3 is 0.979 bits per heavy atom. The van der Waals surface area contributed by atoms with Crippen LogP contribution in [-0.2, 0) is 0 Å². The number of rotatable bonds is 9. The van der Waals surface area contributed by atoms with Gasteiger partial charge in [0.15, 0.2) is 5.82 Å². The average Bonchev–Trinajstić information content (AvgIpc) is 1.61. The van der Waals surface area contributed by atoms with Crippen molar-refractivity contribution in [3.05, 3.63) is 333 Å². The Labute approximate surface area is 559 Å². The second-order valence-corrected chi connectivity index (χ2v) is 25.7. The first-order chi connectivity index (χ1) is 48.1. The van der Waals surface area contributed by atoms with Crippen molar-refractivity contribution in [1.29, 1.82) is 0 Å². The van der Waals surface area contributed by atoms with Crippen molar-refractivity contribution < 1.29 is 0 Å². The lowest BCUT2D eigenvalue weighted by molar-refractivity contribution is 0.746. The summed E-state index contributed by atoms with van der Waals surface area (Å²) >= 11 is 0. The number of aromatic nitrogens is 6. The first-order valence-corrected chi connectivity index (χ1v) is 33.5. The van der Waals surface area contributed by atoms with Gasteiger partial charge in [-0.2, -0.15) is 0 Å². The van der Waals surface area contributed by atoms with E-state index in [0.29, 0.717) is 5.82 Å². The van der Waals surface area contributed by atoms with Crippen molar-refractivity contribution in [2.24, 2.45) is 5.92 Å². The normalized spacial score (nSPS) is 13.9. The second-order valence-electron chi connectivity index (χ2n) is 25.7. The molecule has 97 heavy (non-hydrogen) atoms. The van der Waals surface area contributed by atoms with Crippen molar-refractivity contribution in [3.63, 3.8) is 0 Å². The van der Waals surface area contributed by atoms with Gasteiger partial charge in [0.05, 0.1) is 112 Å². The van der Waals surface area contributed by atoms with E-state index in [4.69, 9.17) is 9.97 Å². The van der Waals surface area contributed by atoms with Gasteiger partial charge in [0.1, 0.15) is 0 Å². The van der Waals surface area contributed by atoms with Crippen molar-refractivity contribution in [3.8, 4) is 45.4 Å². The van der Waals surface area contributed by atoms with E-state index in [1.807, 2.05) is 0 Å². The highest BCUT2D eigenvalue weighted by atomic mass is 15.3. The number of hydrogen-bond donors (Lipinski definition) is 0. The highest BCUT2D eigenvalue weighted by Gasteiger charge is 2.41. The van der Waals surface area contributed by atoms with Crippen molar-refractivity contribution in [1.82, 2.24) is 28.2 Å². The van der Waals surface area contributed by atoms with E-state index in [1.165, 1.54) is 0 Å². The third kappa shape index (κ3) is 8.17. The van der Waals surface area contributed by atoms with Gasteiger partial charge in [-0.05, 0) is 109 Å². The summed E-state index contributed by atoms with van der Waals surface area (Å²) in [6.45, 7) is 2.30. The molecule has 2 aliphatic rings. The maximum Gasteiger partial charge on any atom is 0.160 e. The Morgan fingerprint density at radius 2 is 0.608 bits per heavy atom. The summed E-state index contributed by atoms with van der Waals surface area (Å²) in [4.78, 5) is 17.0. The number of fused-ring (bicyclic) bond motifs is 14. The predicted molar refractivity (Wildman–Crippen MR) is 404 cm³/mol. The zero-order valence-corrected chi connectivity index (χ0v) is 53.0. The SMILES string of the molecule is CC1C=CC=C(c2cc(-c3c(-n4c5ccccc5c5ccccc54)c(-n4c5ccccc5c5ccccc54)c(N4c5ccccc5N(c5ccccc5)c5ccccc54)c(-n4c5ccccc5c5ccccc54)c3-n3c4ccccc4c4ccccc43)nc(-c3ccccc3)n2)C1. The molecule has 0 saturated carbocycles. The Bertz CT molecular complexity index is 5820. The van der Waals surface area contributed by atoms with Crippen LogP contribution in [0.2, 0.25) is 0 Å². The molecule has 0 N–H and O–H groups in total. The topological polar surface area (TPSA) is 52.0 Å². The van der Waals surface area contributed by atoms with Gasteiger partial charge in [0.2, 0.25) is 0 Å². The van der Waals surface area contributed by atoms with Crippen LogP contribution in [-0.4, -0.2) is 28.2 Å². The summed E-state index contributed by atoms with van der Waals surface area (Å²) in [6.07, 6.45) is 7.59. The molecule has 6 heterocycles. The predicted octanol–water partition coefficient (Wildman–Crippen LogP) is 23.4. The van der Waals surface area contributed by atoms with E-state index in [9.17, 15) is 0 Å². The minimum Gasteiger partial charge on any atom is -0.306 e. The second kappa shape index (κ2) is 21.6. The summed E-state index contributed by atoms with van der Waals surface area (Å²) in [6, 6.07) is 114. The third-order valence-electron chi connectivity index (χ3n) is 20.2. The number of para-hydroxylation sites is 13. The van der Waals surface area contributed by atoms with Crippen molar-refractivity contribution in [2.75, 3.05) is 9.80 Å². The van der Waals surface area contributed by atoms with E-state index in [2.05, 4.69) is 363 Å². The van der Waals surface area contributed by atoms with Crippen LogP contribution in [0.4, 0.5) is 34.1 Å². The molecule has 0 saturated heterocycles. The third-order valence-corrected chi connectivity index (χ3v) is 20.2. The Morgan fingerprint density at radius 1 is 0.299 bits per heavy atom. The Hall–Kier alpha value is -12.8. The molecule has 0 fully saturated rings. The molecular formula is C89H60N8. The molecule has 20 rings (SSSR count). The largest absolute Gasteiger partial charge is 0.306 e. The highest BCUT2D eigenvalue weighted by Crippen LogP contribution is 2.61. The molecule has 1 aliphatic heterocycles. The lowest BCUT2D eigenvalue weighted by Gasteiger charge is -2.42. The van der Waals surface area contributed by atoms with Crippen LogP contribution in [0.1, 0.15) is 19.0 Å². The molecule has 0 spiro atoms. The highest BCUT2D eigenvalue weighted by molar-refractivity contribution is 6.20. The fourth-order valence-corrected chi connectivity index (χ4v) is 16.2. The van der Waals surface area contributed by atoms with Crippen molar-refractivity contribution >= 4 is 127 Å². The summed E-state index contributed by atoms with van der Waals surface area (Å²) in [5.41, 5.74) is 23.0. The summed E-state index contributed by atoms with van der Waals surface area (Å²) in [7, 11) is 0. The van der Waals surface area contributed by atoms with Crippen molar-refractivity contribution in [2.45, 2.75) is 13.3 Å². The number of hydrogen-bond acceptors (Lipinski definition) is 4. The van der Waals surface area contributed by atoms with Crippen LogP contribution in [0, 0.1) is 5.92 Å². The van der Waals surface area contributed by atoms with Gasteiger partial charge in [-0.1, -0.05) is 244 Å². The van der Waals surface area contributed by atoms with E-state index < -0.39 is 0 Å². The monoisotopic (exact) mass is 1240 g/mol. The molecule has 456 valence electrons. The van der Waals surface area contributed by atoms with Gasteiger partial charge in [0, 0.05) is 54.3 Å². The summed E-state index contributed by atoms with van der Waals surface area (Å²) in [5, 5.41) is 9.10. The minimum atomic E-state index is 0.288. The average molecular weight is 1240 g/mol. The van der Waals surface area contributed by atoms with Crippen LogP contribution in [0.5, 0.6) is 0 Å². The molecule has 18 aromatic rings. The van der Waals surface area contributed by atoms with Crippen LogP contribution < -0.4 is 9.80 Å². The van der Waals surface area contributed by atoms with Gasteiger partial charge < -0.3 is 28.1 Å². The fraction of sp³-hybridized carbons (Fsp3) is 0.0337. The molecule has 0 bridgehead atoms. The molecule has 8 nitrogen and oxygen atoms in total. The number of nitrogens with zero attached hydrogens (tertiary/aromatic N) is 8. The first kappa shape index (κ1) is 54.7. The van der Waals surface area contributed by atoms with Gasteiger partial charge in [-0.25, -0.2) is 9.97 Å². The van der Waals surface area contributed by atoms with Gasteiger partial charge in [0.25, 0.3) is 0 Å². The zero-order chi connectivity index (χ0) is 63.8. The molecule has 1 aliphatic carbocycles. The first-order valence-electron chi connectivity index (χ1n) is 33.5. The minimum absolute atomic E-state index is 0.288. The molecule has 0 amide bonds. The van der Waals surface area contributed by atoms with E-state index >= 15 is 0 Å².